The molecule has 0 unspecified atom stereocenters. The lowest BCUT2D eigenvalue weighted by atomic mass is 9.70. The first-order chi connectivity index (χ1) is 16.5. The standard InChI is InChI=1S/C26H24BrNO7/c1-12-22(31)20(14(3)29)24-21(23(12)32)26(4)18(35-24)11-17(30)19(25(26)33)13(2)28-9-10-34-16-7-5-15(27)6-8-16/h5-8,11,28,31-32H,9-10H2,1-4H3/b19-13+/t26-/m1/s1. The van der Waals surface area contributed by atoms with Gasteiger partial charge in [0, 0.05) is 28.4 Å². The molecular weight excluding hydrogens is 518 g/mol. The second-order valence-electron chi connectivity index (χ2n) is 8.62. The van der Waals surface area contributed by atoms with Crippen molar-refractivity contribution in [3.63, 3.8) is 0 Å². The Balaban J connectivity index is 1.66. The van der Waals surface area contributed by atoms with E-state index in [4.69, 9.17) is 9.47 Å². The van der Waals surface area contributed by atoms with Gasteiger partial charge >= 0.3 is 0 Å². The van der Waals surface area contributed by atoms with Crippen LogP contribution in [0.5, 0.6) is 23.0 Å². The third kappa shape index (κ3) is 3.89. The Morgan fingerprint density at radius 3 is 2.43 bits per heavy atom. The number of rotatable bonds is 6. The first kappa shape index (κ1) is 24.5. The lowest BCUT2D eigenvalue weighted by Crippen LogP contribution is -2.41. The number of aromatic hydroxyl groups is 2. The predicted octanol–water partition coefficient (Wildman–Crippen LogP) is 4.00. The summed E-state index contributed by atoms with van der Waals surface area (Å²) in [6.07, 6.45) is 1.19. The highest BCUT2D eigenvalue weighted by atomic mass is 79.9. The fraction of sp³-hybridized carbons (Fsp3) is 0.269. The zero-order chi connectivity index (χ0) is 25.7. The number of allylic oxidation sites excluding steroid dienone is 4. The molecule has 0 saturated carbocycles. The Kier molecular flexibility index (Phi) is 6.23. The minimum Gasteiger partial charge on any atom is -0.507 e. The van der Waals surface area contributed by atoms with Crippen LogP contribution >= 0.6 is 15.9 Å². The summed E-state index contributed by atoms with van der Waals surface area (Å²) in [5.74, 6) is -1.84. The number of fused-ring (bicyclic) bond motifs is 3. The lowest BCUT2D eigenvalue weighted by Gasteiger charge is -2.29. The highest BCUT2D eigenvalue weighted by molar-refractivity contribution is 9.10. The van der Waals surface area contributed by atoms with Crippen molar-refractivity contribution < 1.29 is 34.1 Å². The van der Waals surface area contributed by atoms with Crippen LogP contribution in [0.3, 0.4) is 0 Å². The number of hydrogen-bond donors (Lipinski definition) is 3. The molecule has 35 heavy (non-hydrogen) atoms. The Morgan fingerprint density at radius 2 is 1.80 bits per heavy atom. The number of ketones is 3. The van der Waals surface area contributed by atoms with Gasteiger partial charge in [-0.1, -0.05) is 15.9 Å². The molecule has 0 amide bonds. The van der Waals surface area contributed by atoms with Gasteiger partial charge in [-0.25, -0.2) is 0 Å². The number of Topliss-reactive ketones (excluding diaryl/α,β-unsaturated/α-hetero) is 2. The molecule has 182 valence electrons. The van der Waals surface area contributed by atoms with Gasteiger partial charge in [-0.15, -0.1) is 0 Å². The van der Waals surface area contributed by atoms with Gasteiger partial charge in [0.05, 0.1) is 11.1 Å². The van der Waals surface area contributed by atoms with Crippen molar-refractivity contribution in [3.05, 3.63) is 68.5 Å². The average Bonchev–Trinajstić information content (AvgIpc) is 3.09. The van der Waals surface area contributed by atoms with E-state index < -0.39 is 28.5 Å². The van der Waals surface area contributed by atoms with Gasteiger partial charge in [-0.2, -0.15) is 0 Å². The largest absolute Gasteiger partial charge is 0.507 e. The number of ether oxygens (including phenoxy) is 2. The molecule has 9 heteroatoms. The Bertz CT molecular complexity index is 1340. The maximum atomic E-state index is 13.7. The monoisotopic (exact) mass is 541 g/mol. The van der Waals surface area contributed by atoms with E-state index >= 15 is 0 Å². The number of halogens is 1. The Morgan fingerprint density at radius 1 is 1.14 bits per heavy atom. The average molecular weight is 542 g/mol. The molecule has 1 heterocycles. The van der Waals surface area contributed by atoms with Crippen molar-refractivity contribution in [1.82, 2.24) is 5.32 Å². The highest BCUT2D eigenvalue weighted by Crippen LogP contribution is 2.57. The summed E-state index contributed by atoms with van der Waals surface area (Å²) in [6, 6.07) is 7.34. The lowest BCUT2D eigenvalue weighted by molar-refractivity contribution is -0.123. The van der Waals surface area contributed by atoms with Gasteiger partial charge in [-0.05, 0) is 52.0 Å². The van der Waals surface area contributed by atoms with Crippen LogP contribution in [0, 0.1) is 6.92 Å². The topological polar surface area (TPSA) is 122 Å². The molecule has 0 saturated heterocycles. The molecule has 0 aromatic heterocycles. The third-order valence-electron chi connectivity index (χ3n) is 6.33. The molecule has 0 spiro atoms. The Hall–Kier alpha value is -3.59. The molecule has 2 aromatic rings. The van der Waals surface area contributed by atoms with E-state index in [1.165, 1.54) is 26.8 Å². The Labute approximate surface area is 210 Å². The van der Waals surface area contributed by atoms with E-state index in [0.717, 1.165) is 4.47 Å². The number of phenols is 2. The molecule has 2 aliphatic rings. The molecule has 4 rings (SSSR count). The quantitative estimate of drug-likeness (QED) is 0.217. The van der Waals surface area contributed by atoms with Crippen LogP contribution in [-0.4, -0.2) is 40.7 Å². The SMILES string of the molecule is CC(=O)c1c(O)c(C)c(O)c2c1OC1=CC(=O)/C(=C(/C)NCCOc3ccc(Br)cc3)C(=O)[C@]12C. The summed E-state index contributed by atoms with van der Waals surface area (Å²) < 4.78 is 12.4. The second kappa shape index (κ2) is 8.88. The van der Waals surface area contributed by atoms with Crippen LogP contribution in [-0.2, 0) is 15.0 Å². The van der Waals surface area contributed by atoms with Crippen molar-refractivity contribution in [2.24, 2.45) is 0 Å². The summed E-state index contributed by atoms with van der Waals surface area (Å²) in [6.45, 7) is 6.46. The van der Waals surface area contributed by atoms with Gasteiger partial charge in [0.1, 0.15) is 46.3 Å². The van der Waals surface area contributed by atoms with Gasteiger partial charge < -0.3 is 25.0 Å². The number of carbonyl (C=O) groups excluding carboxylic acids is 3. The van der Waals surface area contributed by atoms with E-state index in [1.807, 2.05) is 24.3 Å². The molecule has 1 aliphatic heterocycles. The number of phenolic OH excluding ortho intramolecular Hbond substituents is 2. The number of hydrogen-bond acceptors (Lipinski definition) is 8. The smallest absolute Gasteiger partial charge is 0.194 e. The number of nitrogens with one attached hydrogen (secondary N) is 1. The van der Waals surface area contributed by atoms with Gasteiger partial charge in [0.2, 0.25) is 0 Å². The molecule has 3 N–H and O–H groups in total. The molecule has 0 fully saturated rings. The van der Waals surface area contributed by atoms with E-state index in [2.05, 4.69) is 21.2 Å². The molecule has 2 aromatic carbocycles. The van der Waals surface area contributed by atoms with Gasteiger partial charge in [-0.3, -0.25) is 14.4 Å². The van der Waals surface area contributed by atoms with E-state index in [9.17, 15) is 24.6 Å². The predicted molar refractivity (Wildman–Crippen MR) is 131 cm³/mol. The van der Waals surface area contributed by atoms with Gasteiger partial charge in [0.15, 0.2) is 17.3 Å². The summed E-state index contributed by atoms with van der Waals surface area (Å²) in [5.41, 5.74) is -1.29. The van der Waals surface area contributed by atoms with E-state index in [0.29, 0.717) is 24.6 Å². The maximum Gasteiger partial charge on any atom is 0.194 e. The van der Waals surface area contributed by atoms with Crippen molar-refractivity contribution >= 4 is 33.3 Å². The van der Waals surface area contributed by atoms with Crippen molar-refractivity contribution in [2.75, 3.05) is 13.2 Å². The zero-order valence-corrected chi connectivity index (χ0v) is 21.2. The van der Waals surface area contributed by atoms with Crippen LogP contribution in [0.1, 0.15) is 42.3 Å². The molecule has 8 nitrogen and oxygen atoms in total. The summed E-state index contributed by atoms with van der Waals surface area (Å²) >= 11 is 3.36. The summed E-state index contributed by atoms with van der Waals surface area (Å²) in [4.78, 5) is 38.9. The highest BCUT2D eigenvalue weighted by Gasteiger charge is 2.56. The molecule has 1 aliphatic carbocycles. The van der Waals surface area contributed by atoms with Crippen molar-refractivity contribution in [2.45, 2.75) is 33.1 Å². The first-order valence-electron chi connectivity index (χ1n) is 10.9. The second-order valence-corrected chi connectivity index (χ2v) is 9.53. The van der Waals surface area contributed by atoms with Gasteiger partial charge in [0.25, 0.3) is 0 Å². The van der Waals surface area contributed by atoms with Crippen LogP contribution < -0.4 is 14.8 Å². The van der Waals surface area contributed by atoms with Crippen LogP contribution in [0.15, 0.2) is 51.8 Å². The third-order valence-corrected chi connectivity index (χ3v) is 6.86. The minimum absolute atomic E-state index is 0.000390. The van der Waals surface area contributed by atoms with Crippen LogP contribution in [0.25, 0.3) is 0 Å². The van der Waals surface area contributed by atoms with Crippen molar-refractivity contribution in [1.29, 1.82) is 0 Å². The van der Waals surface area contributed by atoms with Crippen molar-refractivity contribution in [3.8, 4) is 23.0 Å². The van der Waals surface area contributed by atoms with Crippen LogP contribution in [0.4, 0.5) is 0 Å². The van der Waals surface area contributed by atoms with E-state index in [-0.39, 0.29) is 39.5 Å². The van der Waals surface area contributed by atoms with E-state index in [1.54, 1.807) is 6.92 Å². The summed E-state index contributed by atoms with van der Waals surface area (Å²) in [7, 11) is 0. The summed E-state index contributed by atoms with van der Waals surface area (Å²) in [5, 5.41) is 24.3. The van der Waals surface area contributed by atoms with Crippen LogP contribution in [0.2, 0.25) is 0 Å². The molecular formula is C26H24BrNO7. The zero-order valence-electron chi connectivity index (χ0n) is 19.6. The fourth-order valence-corrected chi connectivity index (χ4v) is 4.65. The fourth-order valence-electron chi connectivity index (χ4n) is 4.39. The maximum absolute atomic E-state index is 13.7. The molecule has 0 radical (unpaired) electrons. The number of carbonyl (C=O) groups is 3. The first-order valence-corrected chi connectivity index (χ1v) is 11.7. The molecule has 0 bridgehead atoms. The number of benzene rings is 2. The normalized spacial score (nSPS) is 20.0. The minimum atomic E-state index is -1.54. The molecule has 1 atom stereocenters.